The maximum atomic E-state index is 12.0. The zero-order valence-corrected chi connectivity index (χ0v) is 14.4. The van der Waals surface area contributed by atoms with Gasteiger partial charge in [-0.05, 0) is 35.7 Å². The summed E-state index contributed by atoms with van der Waals surface area (Å²) in [6.45, 7) is 4.15. The highest BCUT2D eigenvalue weighted by Crippen LogP contribution is 2.15. The van der Waals surface area contributed by atoms with Gasteiger partial charge < -0.3 is 15.3 Å². The first-order valence-corrected chi connectivity index (χ1v) is 7.76. The molecule has 130 valence electrons. The van der Waals surface area contributed by atoms with Crippen molar-refractivity contribution < 1.29 is 19.2 Å². The number of nitrogens with zero attached hydrogens (tertiary/aromatic N) is 1. The molecule has 0 aliphatic rings. The van der Waals surface area contributed by atoms with Gasteiger partial charge in [0, 0.05) is 5.56 Å². The molecular weight excluding hydrogens is 320 g/mol. The van der Waals surface area contributed by atoms with Crippen molar-refractivity contribution in [3.8, 4) is 0 Å². The van der Waals surface area contributed by atoms with Crippen molar-refractivity contribution in [2.45, 2.75) is 19.8 Å². The van der Waals surface area contributed by atoms with Gasteiger partial charge in [0.25, 0.3) is 0 Å². The zero-order valence-electron chi connectivity index (χ0n) is 14.4. The number of hydrogen-bond donors (Lipinski definition) is 1. The number of carbonyl (C=O) groups is 2. The van der Waals surface area contributed by atoms with Crippen LogP contribution in [0.25, 0.3) is 0 Å². The number of esters is 1. The molecule has 0 aliphatic carbocycles. The fraction of sp³-hybridized carbons (Fsp3) is 0.211. The Labute approximate surface area is 146 Å². The second-order valence-corrected chi connectivity index (χ2v) is 5.70. The van der Waals surface area contributed by atoms with Crippen LogP contribution in [0.1, 0.15) is 51.6 Å². The van der Waals surface area contributed by atoms with Crippen molar-refractivity contribution in [2.75, 3.05) is 7.11 Å². The lowest BCUT2D eigenvalue weighted by molar-refractivity contribution is 0.0515. The van der Waals surface area contributed by atoms with Crippen LogP contribution in [0.2, 0.25) is 0 Å². The highest BCUT2D eigenvalue weighted by Gasteiger charge is 2.10. The molecule has 0 radical (unpaired) electrons. The first-order chi connectivity index (χ1) is 11.9. The zero-order chi connectivity index (χ0) is 18.4. The normalized spacial score (nSPS) is 11.3. The minimum atomic E-state index is -0.593. The van der Waals surface area contributed by atoms with E-state index in [1.165, 1.54) is 7.11 Å². The van der Waals surface area contributed by atoms with Crippen LogP contribution in [0.5, 0.6) is 0 Å². The predicted octanol–water partition coefficient (Wildman–Crippen LogP) is 3.07. The molecular formula is C19H20N2O4. The lowest BCUT2D eigenvalue weighted by Gasteiger charge is -2.06. The summed E-state index contributed by atoms with van der Waals surface area (Å²) in [4.78, 5) is 28.3. The van der Waals surface area contributed by atoms with E-state index in [-0.39, 0.29) is 5.84 Å². The van der Waals surface area contributed by atoms with Gasteiger partial charge in [0.1, 0.15) is 0 Å². The van der Waals surface area contributed by atoms with Crippen LogP contribution >= 0.6 is 0 Å². The van der Waals surface area contributed by atoms with E-state index in [0.717, 1.165) is 5.56 Å². The Morgan fingerprint density at radius 3 is 1.88 bits per heavy atom. The van der Waals surface area contributed by atoms with E-state index in [2.05, 4.69) is 23.7 Å². The molecule has 0 atom stereocenters. The minimum absolute atomic E-state index is 0.0311. The van der Waals surface area contributed by atoms with Crippen molar-refractivity contribution in [3.63, 3.8) is 0 Å². The molecule has 0 spiro atoms. The fourth-order valence-corrected chi connectivity index (χ4v) is 2.10. The molecule has 25 heavy (non-hydrogen) atoms. The maximum Gasteiger partial charge on any atom is 0.365 e. The highest BCUT2D eigenvalue weighted by molar-refractivity contribution is 5.99. The Balaban J connectivity index is 2.04. The SMILES string of the molecule is COC(=O)c1ccc(C(N)=NOC(=O)c2ccc(C(C)C)cc2)cc1. The first kappa shape index (κ1) is 18.2. The van der Waals surface area contributed by atoms with E-state index >= 15 is 0 Å². The molecule has 0 aromatic heterocycles. The van der Waals surface area contributed by atoms with E-state index in [0.29, 0.717) is 22.6 Å². The molecule has 2 N–H and O–H groups in total. The minimum Gasteiger partial charge on any atom is -0.465 e. The van der Waals surface area contributed by atoms with Crippen LogP contribution in [-0.4, -0.2) is 24.9 Å². The van der Waals surface area contributed by atoms with Crippen LogP contribution in [0, 0.1) is 0 Å². The lowest BCUT2D eigenvalue weighted by atomic mass is 10.0. The second-order valence-electron chi connectivity index (χ2n) is 5.70. The average Bonchev–Trinajstić information content (AvgIpc) is 2.65. The topological polar surface area (TPSA) is 91.0 Å². The van der Waals surface area contributed by atoms with Gasteiger partial charge in [0.15, 0.2) is 5.84 Å². The van der Waals surface area contributed by atoms with Gasteiger partial charge in [-0.15, -0.1) is 0 Å². The summed E-state index contributed by atoms with van der Waals surface area (Å²) in [5.74, 6) is -0.627. The third-order valence-electron chi connectivity index (χ3n) is 3.64. The number of benzene rings is 2. The first-order valence-electron chi connectivity index (χ1n) is 7.76. The molecule has 0 amide bonds. The Bertz CT molecular complexity index is 778. The van der Waals surface area contributed by atoms with Crippen LogP contribution in [0.4, 0.5) is 0 Å². The van der Waals surface area contributed by atoms with Crippen LogP contribution in [0.3, 0.4) is 0 Å². The number of hydrogen-bond acceptors (Lipinski definition) is 5. The molecule has 0 aliphatic heterocycles. The summed E-state index contributed by atoms with van der Waals surface area (Å²) in [6.07, 6.45) is 0. The van der Waals surface area contributed by atoms with Crippen molar-refractivity contribution in [3.05, 3.63) is 70.8 Å². The largest absolute Gasteiger partial charge is 0.465 e. The summed E-state index contributed by atoms with van der Waals surface area (Å²) < 4.78 is 4.62. The van der Waals surface area contributed by atoms with E-state index < -0.39 is 11.9 Å². The Morgan fingerprint density at radius 2 is 1.36 bits per heavy atom. The molecule has 0 unspecified atom stereocenters. The summed E-state index contributed by atoms with van der Waals surface area (Å²) >= 11 is 0. The number of oxime groups is 1. The summed E-state index contributed by atoms with van der Waals surface area (Å²) in [7, 11) is 1.30. The second kappa shape index (κ2) is 8.10. The molecule has 6 heteroatoms. The Hall–Kier alpha value is -3.15. The van der Waals surface area contributed by atoms with E-state index in [1.807, 2.05) is 12.1 Å². The van der Waals surface area contributed by atoms with Gasteiger partial charge in [0.2, 0.25) is 0 Å². The summed E-state index contributed by atoms with van der Waals surface area (Å²) in [5.41, 5.74) is 8.23. The maximum absolute atomic E-state index is 12.0. The molecule has 2 aromatic carbocycles. The van der Waals surface area contributed by atoms with Gasteiger partial charge in [-0.1, -0.05) is 43.3 Å². The third kappa shape index (κ3) is 4.67. The van der Waals surface area contributed by atoms with Crippen molar-refractivity contribution >= 4 is 17.8 Å². The number of nitrogens with two attached hydrogens (primary N) is 1. The van der Waals surface area contributed by atoms with E-state index in [9.17, 15) is 9.59 Å². The third-order valence-corrected chi connectivity index (χ3v) is 3.64. The van der Waals surface area contributed by atoms with Crippen LogP contribution < -0.4 is 5.73 Å². The molecule has 2 aromatic rings. The smallest absolute Gasteiger partial charge is 0.365 e. The summed E-state index contributed by atoms with van der Waals surface area (Å²) in [6, 6.07) is 13.4. The van der Waals surface area contributed by atoms with Crippen molar-refractivity contribution in [1.29, 1.82) is 0 Å². The van der Waals surface area contributed by atoms with Gasteiger partial charge in [-0.3, -0.25) is 0 Å². The molecule has 0 heterocycles. The van der Waals surface area contributed by atoms with Crippen molar-refractivity contribution in [2.24, 2.45) is 10.9 Å². The standard InChI is InChI=1S/C19H20N2O4/c1-12(2)13-4-8-16(9-5-13)19(23)25-21-17(20)14-6-10-15(11-7-14)18(22)24-3/h4-12H,1-3H3,(H2,20,21). The Kier molecular flexibility index (Phi) is 5.89. The lowest BCUT2D eigenvalue weighted by Crippen LogP contribution is -2.15. The number of methoxy groups -OCH3 is 1. The average molecular weight is 340 g/mol. The van der Waals surface area contributed by atoms with Crippen LogP contribution in [-0.2, 0) is 9.57 Å². The molecule has 0 bridgehead atoms. The van der Waals surface area contributed by atoms with Crippen molar-refractivity contribution in [1.82, 2.24) is 0 Å². The molecule has 6 nitrogen and oxygen atoms in total. The molecule has 0 saturated heterocycles. The number of rotatable bonds is 5. The number of ether oxygens (including phenoxy) is 1. The Morgan fingerprint density at radius 1 is 0.880 bits per heavy atom. The summed E-state index contributed by atoms with van der Waals surface area (Å²) in [5, 5.41) is 3.65. The fourth-order valence-electron chi connectivity index (χ4n) is 2.10. The highest BCUT2D eigenvalue weighted by atomic mass is 16.7. The van der Waals surface area contributed by atoms with Crippen LogP contribution in [0.15, 0.2) is 53.7 Å². The molecule has 0 fully saturated rings. The predicted molar refractivity (Wildman–Crippen MR) is 94.5 cm³/mol. The van der Waals surface area contributed by atoms with Gasteiger partial charge in [-0.25, -0.2) is 9.59 Å². The monoisotopic (exact) mass is 340 g/mol. The van der Waals surface area contributed by atoms with E-state index in [4.69, 9.17) is 10.6 Å². The van der Waals surface area contributed by atoms with E-state index in [1.54, 1.807) is 36.4 Å². The number of amidine groups is 1. The number of carbonyl (C=O) groups excluding carboxylic acids is 2. The molecule has 0 saturated carbocycles. The van der Waals surface area contributed by atoms with Gasteiger partial charge in [-0.2, -0.15) is 0 Å². The molecule has 2 rings (SSSR count). The van der Waals surface area contributed by atoms with Gasteiger partial charge in [0.05, 0.1) is 18.2 Å². The van der Waals surface area contributed by atoms with Gasteiger partial charge >= 0.3 is 11.9 Å². The quantitative estimate of drug-likeness (QED) is 0.297.